The average Bonchev–Trinajstić information content (AvgIpc) is 3.78. The van der Waals surface area contributed by atoms with E-state index in [1.807, 2.05) is 12.4 Å². The number of benzene rings is 9. The Balaban J connectivity index is 1.09. The van der Waals surface area contributed by atoms with Crippen LogP contribution in [-0.4, -0.2) is 9.55 Å². The van der Waals surface area contributed by atoms with Crippen LogP contribution in [0.3, 0.4) is 0 Å². The summed E-state index contributed by atoms with van der Waals surface area (Å²) in [5.74, 6) is 0. The predicted molar refractivity (Wildman–Crippen MR) is 232 cm³/mol. The molecule has 0 saturated carbocycles. The minimum Gasteiger partial charge on any atom is -0.309 e. The molecule has 2 aromatic heterocycles. The quantitative estimate of drug-likeness (QED) is 0.179. The second-order valence-corrected chi connectivity index (χ2v) is 14.6. The van der Waals surface area contributed by atoms with E-state index >= 15 is 0 Å². The Hall–Kier alpha value is -7.29. The van der Waals surface area contributed by atoms with Gasteiger partial charge in [0, 0.05) is 34.2 Å². The van der Waals surface area contributed by atoms with Crippen LogP contribution in [0.4, 0.5) is 0 Å². The summed E-state index contributed by atoms with van der Waals surface area (Å²) in [5, 5.41) is 9.99. The summed E-state index contributed by atoms with van der Waals surface area (Å²) in [6.07, 6.45) is 3.88. The minimum atomic E-state index is 1.14. The van der Waals surface area contributed by atoms with Crippen LogP contribution in [0.5, 0.6) is 0 Å². The maximum atomic E-state index is 4.53. The van der Waals surface area contributed by atoms with Gasteiger partial charge in [-0.15, -0.1) is 0 Å². The van der Waals surface area contributed by atoms with Crippen LogP contribution in [0.2, 0.25) is 0 Å². The molecule has 0 saturated heterocycles. The Morgan fingerprint density at radius 3 is 1.65 bits per heavy atom. The Kier molecular flexibility index (Phi) is 6.37. The predicted octanol–water partition coefficient (Wildman–Crippen LogP) is 14.3. The highest BCUT2D eigenvalue weighted by atomic mass is 15.0. The first-order valence-electron chi connectivity index (χ1n) is 19.0. The number of pyridine rings is 1. The molecule has 0 radical (unpaired) electrons. The van der Waals surface area contributed by atoms with E-state index in [9.17, 15) is 0 Å². The topological polar surface area (TPSA) is 17.8 Å². The van der Waals surface area contributed by atoms with Gasteiger partial charge in [-0.3, -0.25) is 4.98 Å². The highest BCUT2D eigenvalue weighted by molar-refractivity contribution is 6.29. The summed E-state index contributed by atoms with van der Waals surface area (Å²) in [4.78, 5) is 4.53. The highest BCUT2D eigenvalue weighted by Crippen LogP contribution is 2.58. The third kappa shape index (κ3) is 4.28. The molecule has 1 aliphatic carbocycles. The zero-order valence-electron chi connectivity index (χ0n) is 29.9. The maximum Gasteiger partial charge on any atom is 0.0634 e. The van der Waals surface area contributed by atoms with Gasteiger partial charge < -0.3 is 4.57 Å². The van der Waals surface area contributed by atoms with E-state index in [-0.39, 0.29) is 0 Å². The van der Waals surface area contributed by atoms with Crippen LogP contribution in [-0.2, 0) is 0 Å². The smallest absolute Gasteiger partial charge is 0.0634 e. The number of fused-ring (bicyclic) bond motifs is 9. The molecule has 55 heavy (non-hydrogen) atoms. The highest BCUT2D eigenvalue weighted by Gasteiger charge is 2.31. The van der Waals surface area contributed by atoms with Crippen molar-refractivity contribution in [2.45, 2.75) is 0 Å². The lowest BCUT2D eigenvalue weighted by Gasteiger charge is -2.20. The molecule has 0 spiro atoms. The maximum absolute atomic E-state index is 4.53. The Morgan fingerprint density at radius 1 is 0.345 bits per heavy atom. The molecule has 0 unspecified atom stereocenters. The van der Waals surface area contributed by atoms with E-state index in [4.69, 9.17) is 0 Å². The van der Waals surface area contributed by atoms with E-state index in [0.717, 1.165) is 11.1 Å². The number of aromatic nitrogens is 2. The normalized spacial score (nSPS) is 12.0. The lowest BCUT2D eigenvalue weighted by Crippen LogP contribution is -1.95. The van der Waals surface area contributed by atoms with Gasteiger partial charge in [0.1, 0.15) is 0 Å². The molecule has 254 valence electrons. The second-order valence-electron chi connectivity index (χ2n) is 14.6. The Morgan fingerprint density at radius 2 is 0.945 bits per heavy atom. The lowest BCUT2D eigenvalue weighted by molar-refractivity contribution is 1.18. The first kappa shape index (κ1) is 30.2. The van der Waals surface area contributed by atoms with E-state index < -0.39 is 0 Å². The standard InChI is InChI=1S/C53H32N2/c1-3-12-35(13-4-1)48-41-17-7-8-18-42(41)49(36-14-5-2-6-15-36)52-45-29-28-38(40-19-11-20-44(50(40)45)51(48)52)33-22-25-37(26-23-33)55-47-21-10-9-16-39(47)43-27-24-34-30-31-54-32-46(34)53(43)55/h1-32H. The summed E-state index contributed by atoms with van der Waals surface area (Å²) in [6, 6.07) is 66.9. The molecule has 12 rings (SSSR count). The van der Waals surface area contributed by atoms with Crippen molar-refractivity contribution in [3.8, 4) is 61.3 Å². The molecular formula is C53H32N2. The van der Waals surface area contributed by atoms with Crippen molar-refractivity contribution in [2.24, 2.45) is 0 Å². The van der Waals surface area contributed by atoms with Crippen molar-refractivity contribution in [3.05, 3.63) is 194 Å². The molecule has 0 fully saturated rings. The molecular weight excluding hydrogens is 665 g/mol. The van der Waals surface area contributed by atoms with Crippen molar-refractivity contribution in [3.63, 3.8) is 0 Å². The number of rotatable bonds is 4. The first-order valence-corrected chi connectivity index (χ1v) is 19.0. The van der Waals surface area contributed by atoms with Crippen LogP contribution >= 0.6 is 0 Å². The van der Waals surface area contributed by atoms with Crippen molar-refractivity contribution < 1.29 is 0 Å². The Bertz CT molecular complexity index is 3250. The molecule has 2 heterocycles. The van der Waals surface area contributed by atoms with Crippen molar-refractivity contribution in [2.75, 3.05) is 0 Å². The van der Waals surface area contributed by atoms with Crippen LogP contribution in [0.1, 0.15) is 0 Å². The molecule has 0 bridgehead atoms. The number of para-hydroxylation sites is 1. The monoisotopic (exact) mass is 696 g/mol. The number of hydrogen-bond acceptors (Lipinski definition) is 1. The summed E-state index contributed by atoms with van der Waals surface area (Å²) in [6.45, 7) is 0. The van der Waals surface area contributed by atoms with Crippen molar-refractivity contribution >= 4 is 54.1 Å². The van der Waals surface area contributed by atoms with Crippen LogP contribution in [0, 0.1) is 0 Å². The van der Waals surface area contributed by atoms with Gasteiger partial charge >= 0.3 is 0 Å². The largest absolute Gasteiger partial charge is 0.309 e. The fourth-order valence-corrected chi connectivity index (χ4v) is 9.54. The summed E-state index contributed by atoms with van der Waals surface area (Å²) < 4.78 is 2.41. The van der Waals surface area contributed by atoms with Gasteiger partial charge in [0.15, 0.2) is 0 Å². The molecule has 0 aliphatic heterocycles. The zero-order valence-corrected chi connectivity index (χ0v) is 29.9. The molecule has 11 aromatic rings. The van der Waals surface area contributed by atoms with Gasteiger partial charge in [-0.2, -0.15) is 0 Å². The van der Waals surface area contributed by atoms with Gasteiger partial charge in [0.05, 0.1) is 11.0 Å². The van der Waals surface area contributed by atoms with Gasteiger partial charge in [0.2, 0.25) is 0 Å². The summed E-state index contributed by atoms with van der Waals surface area (Å²) in [5.41, 5.74) is 16.3. The second kappa shape index (κ2) is 11.6. The molecule has 1 aliphatic rings. The van der Waals surface area contributed by atoms with Crippen molar-refractivity contribution in [1.82, 2.24) is 9.55 Å². The van der Waals surface area contributed by atoms with Crippen LogP contribution in [0.25, 0.3) is 115 Å². The van der Waals surface area contributed by atoms with Gasteiger partial charge in [0.25, 0.3) is 0 Å². The Labute approximate surface area is 318 Å². The van der Waals surface area contributed by atoms with Gasteiger partial charge in [-0.1, -0.05) is 158 Å². The molecule has 9 aromatic carbocycles. The third-order valence-electron chi connectivity index (χ3n) is 11.8. The molecule has 0 amide bonds. The van der Waals surface area contributed by atoms with Crippen molar-refractivity contribution in [1.29, 1.82) is 0 Å². The molecule has 2 nitrogen and oxygen atoms in total. The third-order valence-corrected chi connectivity index (χ3v) is 11.8. The fourth-order valence-electron chi connectivity index (χ4n) is 9.54. The first-order chi connectivity index (χ1) is 27.3. The van der Waals surface area contributed by atoms with E-state index in [2.05, 4.69) is 192 Å². The van der Waals surface area contributed by atoms with Crippen LogP contribution in [0.15, 0.2) is 194 Å². The van der Waals surface area contributed by atoms with E-state index in [1.54, 1.807) is 0 Å². The SMILES string of the molecule is c1ccc(-c2c3c(c(-c4ccccc4)c4ccccc24)-c2ccc(-c4ccc(-n5c6ccccc6c6ccc7ccncc7c65)cc4)c4cccc-3c24)cc1. The van der Waals surface area contributed by atoms with E-state index in [1.165, 1.54) is 104 Å². The van der Waals surface area contributed by atoms with Crippen LogP contribution < -0.4 is 0 Å². The number of nitrogens with zero attached hydrogens (tertiary/aromatic N) is 2. The fraction of sp³-hybridized carbons (Fsp3) is 0. The summed E-state index contributed by atoms with van der Waals surface area (Å²) >= 11 is 0. The van der Waals surface area contributed by atoms with E-state index in [0.29, 0.717) is 0 Å². The molecule has 0 N–H and O–H groups in total. The minimum absolute atomic E-state index is 1.14. The van der Waals surface area contributed by atoms with Gasteiger partial charge in [-0.25, -0.2) is 0 Å². The van der Waals surface area contributed by atoms with Gasteiger partial charge in [-0.05, 0) is 107 Å². The molecule has 0 atom stereocenters. The summed E-state index contributed by atoms with van der Waals surface area (Å²) in [7, 11) is 0. The number of hydrogen-bond donors (Lipinski definition) is 0. The molecule has 2 heteroatoms. The average molecular weight is 697 g/mol. The zero-order chi connectivity index (χ0) is 36.0. The lowest BCUT2D eigenvalue weighted by atomic mass is 9.82.